The lowest BCUT2D eigenvalue weighted by Crippen LogP contribution is -2.44. The van der Waals surface area contributed by atoms with Crippen molar-refractivity contribution < 1.29 is 14.7 Å². The molecule has 1 saturated heterocycles. The number of nitrogens with zero attached hydrogens (tertiary/aromatic N) is 1. The standard InChI is InChI=1S/C12H21NO3/c1-2-3-7-10(12(15)16)13-9-6-4-5-8-11(13)14/h10H,2-9H2,1H3,(H,15,16). The van der Waals surface area contributed by atoms with Gasteiger partial charge in [-0.1, -0.05) is 26.2 Å². The minimum atomic E-state index is -0.858. The van der Waals surface area contributed by atoms with Crippen molar-refractivity contribution in [3.05, 3.63) is 0 Å². The first kappa shape index (κ1) is 13.0. The fourth-order valence-electron chi connectivity index (χ4n) is 2.14. The monoisotopic (exact) mass is 227 g/mol. The summed E-state index contributed by atoms with van der Waals surface area (Å²) in [6.45, 7) is 2.64. The molecule has 1 N–H and O–H groups in total. The third-order valence-electron chi connectivity index (χ3n) is 3.10. The van der Waals surface area contributed by atoms with Crippen LogP contribution < -0.4 is 0 Å². The summed E-state index contributed by atoms with van der Waals surface area (Å²) in [5.74, 6) is -0.843. The summed E-state index contributed by atoms with van der Waals surface area (Å²) >= 11 is 0. The molecule has 1 fully saturated rings. The number of aliphatic carboxylic acids is 1. The van der Waals surface area contributed by atoms with Gasteiger partial charge in [-0.15, -0.1) is 0 Å². The van der Waals surface area contributed by atoms with Crippen LogP contribution in [0.2, 0.25) is 0 Å². The van der Waals surface area contributed by atoms with Crippen molar-refractivity contribution >= 4 is 11.9 Å². The molecule has 1 aliphatic rings. The van der Waals surface area contributed by atoms with Gasteiger partial charge in [0, 0.05) is 13.0 Å². The van der Waals surface area contributed by atoms with E-state index in [-0.39, 0.29) is 5.91 Å². The highest BCUT2D eigenvalue weighted by Gasteiger charge is 2.29. The summed E-state index contributed by atoms with van der Waals surface area (Å²) < 4.78 is 0. The van der Waals surface area contributed by atoms with Crippen molar-refractivity contribution in [2.45, 2.75) is 57.9 Å². The molecule has 92 valence electrons. The highest BCUT2D eigenvalue weighted by Crippen LogP contribution is 2.17. The second-order valence-corrected chi connectivity index (χ2v) is 4.39. The summed E-state index contributed by atoms with van der Waals surface area (Å²) in [5.41, 5.74) is 0. The van der Waals surface area contributed by atoms with E-state index >= 15 is 0 Å². The first-order valence-corrected chi connectivity index (χ1v) is 6.19. The van der Waals surface area contributed by atoms with E-state index in [2.05, 4.69) is 0 Å². The van der Waals surface area contributed by atoms with E-state index in [1.807, 2.05) is 6.92 Å². The largest absolute Gasteiger partial charge is 0.480 e. The second kappa shape index (κ2) is 6.51. The molecule has 0 spiro atoms. The summed E-state index contributed by atoms with van der Waals surface area (Å²) in [6, 6.07) is -0.606. The van der Waals surface area contributed by atoms with Gasteiger partial charge in [0.25, 0.3) is 0 Å². The van der Waals surface area contributed by atoms with Gasteiger partial charge < -0.3 is 10.0 Å². The topological polar surface area (TPSA) is 57.6 Å². The highest BCUT2D eigenvalue weighted by molar-refractivity contribution is 5.83. The van der Waals surface area contributed by atoms with E-state index in [0.717, 1.165) is 32.1 Å². The lowest BCUT2D eigenvalue weighted by molar-refractivity contribution is -0.150. The molecule has 4 heteroatoms. The Morgan fingerprint density at radius 2 is 2.19 bits per heavy atom. The number of unbranched alkanes of at least 4 members (excludes halogenated alkanes) is 1. The molecule has 1 amide bonds. The van der Waals surface area contributed by atoms with Crippen molar-refractivity contribution in [2.75, 3.05) is 6.54 Å². The molecule has 0 saturated carbocycles. The minimum absolute atomic E-state index is 0.0148. The smallest absolute Gasteiger partial charge is 0.326 e. The average molecular weight is 227 g/mol. The molecule has 0 aromatic carbocycles. The maximum Gasteiger partial charge on any atom is 0.326 e. The van der Waals surface area contributed by atoms with Gasteiger partial charge in [0.05, 0.1) is 0 Å². The molecule has 0 aromatic heterocycles. The number of carboxylic acid groups (broad SMARTS) is 1. The summed E-state index contributed by atoms with van der Waals surface area (Å²) in [6.07, 6.45) is 5.78. The van der Waals surface area contributed by atoms with E-state index in [1.165, 1.54) is 0 Å². The van der Waals surface area contributed by atoms with Crippen LogP contribution in [0, 0.1) is 0 Å². The Bertz CT molecular complexity index is 253. The van der Waals surface area contributed by atoms with Crippen LogP contribution in [0.4, 0.5) is 0 Å². The third-order valence-corrected chi connectivity index (χ3v) is 3.10. The Kier molecular flexibility index (Phi) is 5.29. The molecular weight excluding hydrogens is 206 g/mol. The molecule has 0 aromatic rings. The second-order valence-electron chi connectivity index (χ2n) is 4.39. The van der Waals surface area contributed by atoms with E-state index in [0.29, 0.717) is 19.4 Å². The Morgan fingerprint density at radius 1 is 1.44 bits per heavy atom. The Hall–Kier alpha value is -1.06. The number of hydrogen-bond donors (Lipinski definition) is 1. The van der Waals surface area contributed by atoms with Gasteiger partial charge in [0.15, 0.2) is 0 Å². The predicted molar refractivity (Wildman–Crippen MR) is 61.1 cm³/mol. The van der Waals surface area contributed by atoms with Crippen molar-refractivity contribution in [3.63, 3.8) is 0 Å². The molecule has 0 bridgehead atoms. The zero-order valence-electron chi connectivity index (χ0n) is 9.95. The van der Waals surface area contributed by atoms with E-state index < -0.39 is 12.0 Å². The maximum absolute atomic E-state index is 11.8. The van der Waals surface area contributed by atoms with E-state index in [4.69, 9.17) is 5.11 Å². The number of amides is 1. The highest BCUT2D eigenvalue weighted by atomic mass is 16.4. The minimum Gasteiger partial charge on any atom is -0.480 e. The van der Waals surface area contributed by atoms with Crippen LogP contribution in [-0.2, 0) is 9.59 Å². The zero-order chi connectivity index (χ0) is 12.0. The van der Waals surface area contributed by atoms with Gasteiger partial charge in [-0.2, -0.15) is 0 Å². The van der Waals surface area contributed by atoms with Crippen LogP contribution in [0.15, 0.2) is 0 Å². The van der Waals surface area contributed by atoms with Crippen LogP contribution >= 0.6 is 0 Å². The lowest BCUT2D eigenvalue weighted by atomic mass is 10.1. The first-order valence-electron chi connectivity index (χ1n) is 6.19. The zero-order valence-corrected chi connectivity index (χ0v) is 9.95. The van der Waals surface area contributed by atoms with Gasteiger partial charge in [0.1, 0.15) is 6.04 Å². The molecule has 16 heavy (non-hydrogen) atoms. The number of likely N-dealkylation sites (tertiary alicyclic amines) is 1. The van der Waals surface area contributed by atoms with Gasteiger partial charge in [-0.05, 0) is 19.3 Å². The van der Waals surface area contributed by atoms with E-state index in [1.54, 1.807) is 4.90 Å². The molecule has 1 atom stereocenters. The summed E-state index contributed by atoms with van der Waals surface area (Å²) in [4.78, 5) is 24.5. The van der Waals surface area contributed by atoms with Crippen LogP contribution in [-0.4, -0.2) is 34.5 Å². The predicted octanol–water partition coefficient (Wildman–Crippen LogP) is 2.03. The SMILES string of the molecule is CCCCC(C(=O)O)N1CCCCCC1=O. The van der Waals surface area contributed by atoms with Gasteiger partial charge in [0.2, 0.25) is 5.91 Å². The number of carbonyl (C=O) groups excluding carboxylic acids is 1. The van der Waals surface area contributed by atoms with Crippen molar-refractivity contribution in [2.24, 2.45) is 0 Å². The Balaban J connectivity index is 2.66. The quantitative estimate of drug-likeness (QED) is 0.781. The number of carbonyl (C=O) groups is 2. The number of carboxylic acids is 1. The fourth-order valence-corrected chi connectivity index (χ4v) is 2.14. The lowest BCUT2D eigenvalue weighted by Gasteiger charge is -2.27. The summed E-state index contributed by atoms with van der Waals surface area (Å²) in [7, 11) is 0. The van der Waals surface area contributed by atoms with Gasteiger partial charge in [-0.3, -0.25) is 4.79 Å². The van der Waals surface area contributed by atoms with Crippen LogP contribution in [0.3, 0.4) is 0 Å². The van der Waals surface area contributed by atoms with Crippen molar-refractivity contribution in [1.82, 2.24) is 4.90 Å². The molecule has 0 aliphatic carbocycles. The molecule has 1 heterocycles. The fraction of sp³-hybridized carbons (Fsp3) is 0.833. The normalized spacial score (nSPS) is 19.3. The molecule has 1 unspecified atom stereocenters. The first-order chi connectivity index (χ1) is 7.66. The van der Waals surface area contributed by atoms with Crippen LogP contribution in [0.1, 0.15) is 51.9 Å². The third kappa shape index (κ3) is 3.51. The Labute approximate surface area is 96.6 Å². The van der Waals surface area contributed by atoms with Crippen LogP contribution in [0.5, 0.6) is 0 Å². The Morgan fingerprint density at radius 3 is 2.81 bits per heavy atom. The van der Waals surface area contributed by atoms with E-state index in [9.17, 15) is 9.59 Å². The molecule has 0 radical (unpaired) electrons. The van der Waals surface area contributed by atoms with Crippen molar-refractivity contribution in [3.8, 4) is 0 Å². The summed E-state index contributed by atoms with van der Waals surface area (Å²) in [5, 5.41) is 9.17. The molecule has 1 aliphatic heterocycles. The molecule has 4 nitrogen and oxygen atoms in total. The number of hydrogen-bond acceptors (Lipinski definition) is 2. The average Bonchev–Trinajstić information content (AvgIpc) is 2.44. The van der Waals surface area contributed by atoms with Crippen molar-refractivity contribution in [1.29, 1.82) is 0 Å². The van der Waals surface area contributed by atoms with Gasteiger partial charge >= 0.3 is 5.97 Å². The number of rotatable bonds is 5. The molecule has 1 rings (SSSR count). The van der Waals surface area contributed by atoms with Gasteiger partial charge in [-0.25, -0.2) is 4.79 Å². The molecular formula is C12H21NO3. The van der Waals surface area contributed by atoms with Crippen LogP contribution in [0.25, 0.3) is 0 Å². The maximum atomic E-state index is 11.8.